The summed E-state index contributed by atoms with van der Waals surface area (Å²) in [6, 6.07) is 24.8. The van der Waals surface area contributed by atoms with Gasteiger partial charge < -0.3 is 14.2 Å². The number of benzene rings is 2. The van der Waals surface area contributed by atoms with Gasteiger partial charge in [0.1, 0.15) is 11.8 Å². The summed E-state index contributed by atoms with van der Waals surface area (Å²) in [4.78, 5) is 12.9. The molecule has 2 aromatic heterocycles. The Kier molecular flexibility index (Phi) is 4.96. The minimum atomic E-state index is -0.878. The van der Waals surface area contributed by atoms with Gasteiger partial charge in [-0.25, -0.2) is 4.79 Å². The maximum Gasteiger partial charge on any atom is 0.355 e. The lowest BCUT2D eigenvalue weighted by molar-refractivity contribution is 0.0519. The molecular formula is C24H21NO3. The lowest BCUT2D eigenvalue weighted by atomic mass is 9.93. The lowest BCUT2D eigenvalue weighted by Gasteiger charge is -2.14. The van der Waals surface area contributed by atoms with E-state index in [4.69, 9.17) is 4.74 Å². The second-order valence-electron chi connectivity index (χ2n) is 6.49. The molecule has 140 valence electrons. The molecule has 4 heteroatoms. The molecule has 1 N–H and O–H groups in total. The number of nitrogens with zero attached hydrogens (tertiary/aromatic N) is 1. The molecule has 0 bridgehead atoms. The molecule has 2 heterocycles. The monoisotopic (exact) mass is 371 g/mol. The standard InChI is InChI=1S/C24H21NO3/c1-2-28-24(27)22-20(17-11-5-3-6-12-17)21(19-15-9-10-16-25(19)22)23(26)18-13-7-4-8-14-18/h3-16,23,26H,2H2,1H3. The molecule has 1 atom stereocenters. The Bertz CT molecular complexity index is 1100. The number of ether oxygens (including phenoxy) is 1. The quantitative estimate of drug-likeness (QED) is 0.510. The number of rotatable bonds is 5. The van der Waals surface area contributed by atoms with Crippen LogP contribution in [0.4, 0.5) is 0 Å². The first-order chi connectivity index (χ1) is 13.7. The molecule has 0 radical (unpaired) electrons. The summed E-state index contributed by atoms with van der Waals surface area (Å²) < 4.78 is 7.16. The fraction of sp³-hybridized carbons (Fsp3) is 0.125. The summed E-state index contributed by atoms with van der Waals surface area (Å²) in [7, 11) is 0. The second-order valence-corrected chi connectivity index (χ2v) is 6.49. The van der Waals surface area contributed by atoms with Gasteiger partial charge in [0, 0.05) is 17.3 Å². The third-order valence-corrected chi connectivity index (χ3v) is 4.80. The van der Waals surface area contributed by atoms with Crippen molar-refractivity contribution in [2.24, 2.45) is 0 Å². The van der Waals surface area contributed by atoms with Crippen LogP contribution >= 0.6 is 0 Å². The first kappa shape index (κ1) is 18.0. The summed E-state index contributed by atoms with van der Waals surface area (Å²) in [6.07, 6.45) is 0.951. The zero-order chi connectivity index (χ0) is 19.5. The van der Waals surface area contributed by atoms with E-state index in [9.17, 15) is 9.90 Å². The van der Waals surface area contributed by atoms with Crippen molar-refractivity contribution in [3.05, 3.63) is 102 Å². The molecule has 0 aliphatic carbocycles. The van der Waals surface area contributed by atoms with E-state index in [2.05, 4.69) is 0 Å². The molecule has 0 amide bonds. The molecule has 0 aliphatic rings. The van der Waals surface area contributed by atoms with Crippen LogP contribution in [0.15, 0.2) is 85.1 Å². The van der Waals surface area contributed by atoms with Crippen molar-refractivity contribution in [2.45, 2.75) is 13.0 Å². The van der Waals surface area contributed by atoms with E-state index < -0.39 is 12.1 Å². The Morgan fingerprint density at radius 3 is 2.29 bits per heavy atom. The Balaban J connectivity index is 2.07. The average molecular weight is 371 g/mol. The molecule has 2 aromatic carbocycles. The molecule has 0 aliphatic heterocycles. The second kappa shape index (κ2) is 7.71. The number of fused-ring (bicyclic) bond motifs is 1. The molecule has 4 rings (SSSR count). The van der Waals surface area contributed by atoms with Gasteiger partial charge in [0.15, 0.2) is 0 Å². The van der Waals surface area contributed by atoms with E-state index in [0.29, 0.717) is 16.8 Å². The van der Waals surface area contributed by atoms with E-state index in [1.807, 2.05) is 89.5 Å². The third kappa shape index (κ3) is 3.08. The minimum Gasteiger partial charge on any atom is -0.461 e. The van der Waals surface area contributed by atoms with Crippen LogP contribution < -0.4 is 0 Å². The van der Waals surface area contributed by atoms with Gasteiger partial charge in [-0.1, -0.05) is 66.7 Å². The van der Waals surface area contributed by atoms with Gasteiger partial charge in [0.2, 0.25) is 0 Å². The number of aliphatic hydroxyl groups excluding tert-OH is 1. The minimum absolute atomic E-state index is 0.281. The highest BCUT2D eigenvalue weighted by molar-refractivity contribution is 6.00. The van der Waals surface area contributed by atoms with Gasteiger partial charge >= 0.3 is 5.97 Å². The number of hydrogen-bond acceptors (Lipinski definition) is 3. The first-order valence-electron chi connectivity index (χ1n) is 9.31. The van der Waals surface area contributed by atoms with Gasteiger partial charge in [-0.3, -0.25) is 0 Å². The molecule has 1 unspecified atom stereocenters. The van der Waals surface area contributed by atoms with Crippen LogP contribution in [0.25, 0.3) is 16.6 Å². The Morgan fingerprint density at radius 2 is 1.61 bits per heavy atom. The van der Waals surface area contributed by atoms with E-state index in [1.165, 1.54) is 0 Å². The average Bonchev–Trinajstić information content (AvgIpc) is 3.10. The van der Waals surface area contributed by atoms with Gasteiger partial charge in [-0.15, -0.1) is 0 Å². The fourth-order valence-electron chi connectivity index (χ4n) is 3.61. The summed E-state index contributed by atoms with van der Waals surface area (Å²) in [5.41, 5.74) is 4.22. The van der Waals surface area contributed by atoms with Crippen LogP contribution in [0.3, 0.4) is 0 Å². The SMILES string of the molecule is CCOC(=O)c1c(-c2ccccc2)c(C(O)c2ccccc2)c2ccccn12. The Labute approximate surface area is 163 Å². The summed E-state index contributed by atoms with van der Waals surface area (Å²) >= 11 is 0. The van der Waals surface area contributed by atoms with Crippen molar-refractivity contribution >= 4 is 11.5 Å². The third-order valence-electron chi connectivity index (χ3n) is 4.80. The highest BCUT2D eigenvalue weighted by Gasteiger charge is 2.29. The Hall–Kier alpha value is -3.37. The fourth-order valence-corrected chi connectivity index (χ4v) is 3.61. The van der Waals surface area contributed by atoms with Gasteiger partial charge in [-0.05, 0) is 30.2 Å². The number of aromatic nitrogens is 1. The number of carbonyl (C=O) groups is 1. The first-order valence-corrected chi connectivity index (χ1v) is 9.31. The molecule has 0 saturated carbocycles. The van der Waals surface area contributed by atoms with Crippen LogP contribution in [0.2, 0.25) is 0 Å². The largest absolute Gasteiger partial charge is 0.461 e. The zero-order valence-electron chi connectivity index (χ0n) is 15.6. The highest BCUT2D eigenvalue weighted by atomic mass is 16.5. The van der Waals surface area contributed by atoms with E-state index >= 15 is 0 Å². The van der Waals surface area contributed by atoms with Crippen LogP contribution in [0.5, 0.6) is 0 Å². The number of hydrogen-bond donors (Lipinski definition) is 1. The van der Waals surface area contributed by atoms with Gasteiger partial charge in [0.05, 0.1) is 12.1 Å². The van der Waals surface area contributed by atoms with Crippen molar-refractivity contribution in [3.63, 3.8) is 0 Å². The van der Waals surface area contributed by atoms with Crippen molar-refractivity contribution < 1.29 is 14.6 Å². The topological polar surface area (TPSA) is 50.9 Å². The molecule has 4 aromatic rings. The predicted octanol–water partition coefficient (Wildman–Crippen LogP) is 4.86. The number of carbonyl (C=O) groups excluding carboxylic acids is 1. The lowest BCUT2D eigenvalue weighted by Crippen LogP contribution is -2.09. The summed E-state index contributed by atoms with van der Waals surface area (Å²) in [5, 5.41) is 11.3. The summed E-state index contributed by atoms with van der Waals surface area (Å²) in [5.74, 6) is -0.408. The van der Waals surface area contributed by atoms with Crippen LogP contribution in [0.1, 0.15) is 34.6 Å². The molecule has 28 heavy (non-hydrogen) atoms. The normalized spacial score (nSPS) is 12.1. The van der Waals surface area contributed by atoms with E-state index in [1.54, 1.807) is 6.92 Å². The molecule has 4 nitrogen and oxygen atoms in total. The zero-order valence-corrected chi connectivity index (χ0v) is 15.6. The van der Waals surface area contributed by atoms with Crippen LogP contribution in [-0.2, 0) is 4.74 Å². The van der Waals surface area contributed by atoms with E-state index in [-0.39, 0.29) is 6.61 Å². The maximum atomic E-state index is 12.9. The van der Waals surface area contributed by atoms with Crippen LogP contribution in [-0.4, -0.2) is 22.1 Å². The molecule has 0 fully saturated rings. The predicted molar refractivity (Wildman–Crippen MR) is 109 cm³/mol. The number of esters is 1. The maximum absolute atomic E-state index is 12.9. The van der Waals surface area contributed by atoms with Gasteiger partial charge in [-0.2, -0.15) is 0 Å². The van der Waals surface area contributed by atoms with Crippen LogP contribution in [0, 0.1) is 0 Å². The number of pyridine rings is 1. The number of aliphatic hydroxyl groups is 1. The van der Waals surface area contributed by atoms with Gasteiger partial charge in [0.25, 0.3) is 0 Å². The molecule has 0 saturated heterocycles. The van der Waals surface area contributed by atoms with Crippen molar-refractivity contribution in [3.8, 4) is 11.1 Å². The Morgan fingerprint density at radius 1 is 0.964 bits per heavy atom. The highest BCUT2D eigenvalue weighted by Crippen LogP contribution is 2.39. The van der Waals surface area contributed by atoms with Crippen molar-refractivity contribution in [1.29, 1.82) is 0 Å². The molecular weight excluding hydrogens is 350 g/mol. The smallest absolute Gasteiger partial charge is 0.355 e. The van der Waals surface area contributed by atoms with E-state index in [0.717, 1.165) is 16.6 Å². The van der Waals surface area contributed by atoms with Crippen molar-refractivity contribution in [1.82, 2.24) is 4.40 Å². The van der Waals surface area contributed by atoms with Crippen molar-refractivity contribution in [2.75, 3.05) is 6.61 Å². The molecule has 0 spiro atoms. The summed E-state index contributed by atoms with van der Waals surface area (Å²) in [6.45, 7) is 2.07.